The van der Waals surface area contributed by atoms with E-state index in [1.165, 1.54) is 24.3 Å². The lowest BCUT2D eigenvalue weighted by molar-refractivity contribution is -0.157. The molecule has 2 amide bonds. The molecule has 1 fully saturated rings. The SMILES string of the molecule is CC(C)[C@@H](CS(=N)(=O)C(C)C)N1C(=O)[C@@](C)(CC(=O)Nc2ccc(C(=O)O)cc2)C[C@H](c2cccc(Cl)c2)[C@H]1c1ccc(Cl)cc1. The summed E-state index contributed by atoms with van der Waals surface area (Å²) in [4.78, 5) is 41.5. The van der Waals surface area contributed by atoms with E-state index in [4.69, 9.17) is 28.0 Å². The number of likely N-dealkylation sites (tertiary alicyclic amines) is 1. The van der Waals surface area contributed by atoms with Gasteiger partial charge in [0.2, 0.25) is 11.8 Å². The average Bonchev–Trinajstić information content (AvgIpc) is 2.98. The fourth-order valence-electron chi connectivity index (χ4n) is 6.21. The molecule has 0 bridgehead atoms. The number of halogens is 2. The number of nitrogens with zero attached hydrogens (tertiary/aromatic N) is 1. The number of hydrogen-bond acceptors (Lipinski definition) is 5. The molecule has 1 aliphatic rings. The minimum Gasteiger partial charge on any atom is -0.478 e. The third kappa shape index (κ3) is 7.93. The van der Waals surface area contributed by atoms with Gasteiger partial charge in [0.25, 0.3) is 0 Å². The Balaban J connectivity index is 1.85. The molecular formula is C35H41Cl2N3O5S. The molecule has 46 heavy (non-hydrogen) atoms. The Morgan fingerprint density at radius 3 is 2.17 bits per heavy atom. The van der Waals surface area contributed by atoms with E-state index in [1.807, 2.05) is 44.2 Å². The van der Waals surface area contributed by atoms with Gasteiger partial charge in [0.1, 0.15) is 0 Å². The Kier molecular flexibility index (Phi) is 10.9. The van der Waals surface area contributed by atoms with Gasteiger partial charge in [0.05, 0.1) is 22.8 Å². The topological polar surface area (TPSA) is 128 Å². The lowest BCUT2D eigenvalue weighted by atomic mass is 9.66. The van der Waals surface area contributed by atoms with Crippen molar-refractivity contribution in [1.29, 1.82) is 4.78 Å². The van der Waals surface area contributed by atoms with E-state index in [2.05, 4.69) is 5.32 Å². The quantitative estimate of drug-likeness (QED) is 0.187. The first kappa shape index (κ1) is 35.5. The van der Waals surface area contributed by atoms with E-state index < -0.39 is 44.4 Å². The van der Waals surface area contributed by atoms with Gasteiger partial charge in [-0.1, -0.05) is 82.1 Å². The van der Waals surface area contributed by atoms with E-state index >= 15 is 0 Å². The van der Waals surface area contributed by atoms with Gasteiger partial charge < -0.3 is 15.3 Å². The maximum Gasteiger partial charge on any atom is 0.335 e. The van der Waals surface area contributed by atoms with Crippen LogP contribution in [0, 0.1) is 16.1 Å². The number of benzene rings is 3. The highest BCUT2D eigenvalue weighted by Crippen LogP contribution is 2.52. The van der Waals surface area contributed by atoms with Crippen LogP contribution in [0.1, 0.15) is 80.9 Å². The van der Waals surface area contributed by atoms with Gasteiger partial charge in [-0.25, -0.2) is 9.00 Å². The summed E-state index contributed by atoms with van der Waals surface area (Å²) in [6.45, 7) is 9.21. The molecule has 0 aliphatic carbocycles. The van der Waals surface area contributed by atoms with Gasteiger partial charge in [-0.05, 0) is 72.0 Å². The number of piperidine rings is 1. The maximum absolute atomic E-state index is 14.9. The van der Waals surface area contributed by atoms with Crippen molar-refractivity contribution < 1.29 is 23.7 Å². The Hall–Kier alpha value is -3.40. The molecule has 0 aromatic heterocycles. The van der Waals surface area contributed by atoms with Gasteiger partial charge >= 0.3 is 5.97 Å². The highest BCUT2D eigenvalue weighted by Gasteiger charge is 2.53. The summed E-state index contributed by atoms with van der Waals surface area (Å²) in [5.41, 5.74) is 1.04. The smallest absolute Gasteiger partial charge is 0.335 e. The Morgan fingerprint density at radius 1 is 1.00 bits per heavy atom. The number of nitrogens with one attached hydrogen (secondary N) is 2. The molecule has 1 saturated heterocycles. The van der Waals surface area contributed by atoms with Crippen LogP contribution in [0.2, 0.25) is 10.0 Å². The van der Waals surface area contributed by atoms with Crippen LogP contribution in [-0.2, 0) is 19.3 Å². The predicted molar refractivity (Wildman–Crippen MR) is 184 cm³/mol. The fourth-order valence-corrected chi connectivity index (χ4v) is 7.97. The second-order valence-corrected chi connectivity index (χ2v) is 16.6. The highest BCUT2D eigenvalue weighted by molar-refractivity contribution is 7.93. The van der Waals surface area contributed by atoms with Crippen LogP contribution in [0.4, 0.5) is 5.69 Å². The summed E-state index contributed by atoms with van der Waals surface area (Å²) in [6, 6.07) is 19.5. The molecule has 1 heterocycles. The zero-order chi connectivity index (χ0) is 34.0. The lowest BCUT2D eigenvalue weighted by Crippen LogP contribution is -2.59. The minimum absolute atomic E-state index is 0.0152. The van der Waals surface area contributed by atoms with E-state index in [1.54, 1.807) is 43.9 Å². The van der Waals surface area contributed by atoms with Crippen molar-refractivity contribution in [2.24, 2.45) is 11.3 Å². The molecule has 3 aromatic carbocycles. The third-order valence-corrected chi connectivity index (χ3v) is 11.7. The van der Waals surface area contributed by atoms with Crippen LogP contribution < -0.4 is 5.32 Å². The van der Waals surface area contributed by atoms with Crippen LogP contribution in [0.15, 0.2) is 72.8 Å². The summed E-state index contributed by atoms with van der Waals surface area (Å²) in [5.74, 6) is -2.23. The molecule has 1 aliphatic heterocycles. The zero-order valence-electron chi connectivity index (χ0n) is 26.6. The molecule has 0 radical (unpaired) electrons. The fraction of sp³-hybridized carbons (Fsp3) is 0.400. The summed E-state index contributed by atoms with van der Waals surface area (Å²) in [6.07, 6.45) is 0.158. The minimum atomic E-state index is -3.08. The molecule has 5 atom stereocenters. The molecule has 8 nitrogen and oxygen atoms in total. The number of carboxylic acids is 1. The second kappa shape index (κ2) is 14.2. The zero-order valence-corrected chi connectivity index (χ0v) is 29.0. The standard InChI is InChI=1S/C35H41Cl2N3O5S/c1-21(2)30(20-46(38,45)22(3)4)40-32(23-9-13-26(36)14-10-23)29(25-7-6-8-27(37)17-25)18-35(5,34(40)44)19-31(41)39-28-15-11-24(12-16-28)33(42)43/h6-17,21-22,29-30,32,38H,18-20H2,1-5H3,(H,39,41)(H,42,43)/t29-,30-,32-,35-,46?/m1/s1. The lowest BCUT2D eigenvalue weighted by Gasteiger charge is -2.53. The van der Waals surface area contributed by atoms with Crippen LogP contribution >= 0.6 is 23.2 Å². The van der Waals surface area contributed by atoms with Crippen molar-refractivity contribution in [2.75, 3.05) is 11.1 Å². The van der Waals surface area contributed by atoms with Crippen molar-refractivity contribution >= 4 is 56.4 Å². The summed E-state index contributed by atoms with van der Waals surface area (Å²) < 4.78 is 22.4. The molecule has 11 heteroatoms. The van der Waals surface area contributed by atoms with Crippen molar-refractivity contribution in [3.8, 4) is 0 Å². The van der Waals surface area contributed by atoms with Gasteiger partial charge in [0.15, 0.2) is 0 Å². The number of carboxylic acid groups (broad SMARTS) is 1. The number of carbonyl (C=O) groups is 3. The molecule has 3 N–H and O–H groups in total. The van der Waals surface area contributed by atoms with Crippen LogP contribution in [0.5, 0.6) is 0 Å². The number of rotatable bonds is 11. The normalized spacial score (nSPS) is 22.0. The predicted octanol–water partition coefficient (Wildman–Crippen LogP) is 8.26. The van der Waals surface area contributed by atoms with Crippen LogP contribution in [0.25, 0.3) is 0 Å². The van der Waals surface area contributed by atoms with E-state index in [0.29, 0.717) is 22.2 Å². The molecule has 3 aromatic rings. The molecule has 246 valence electrons. The van der Waals surface area contributed by atoms with E-state index in [9.17, 15) is 23.7 Å². The van der Waals surface area contributed by atoms with Gasteiger partial charge in [-0.3, -0.25) is 14.4 Å². The Labute approximate surface area is 281 Å². The van der Waals surface area contributed by atoms with Gasteiger partial charge in [-0.15, -0.1) is 0 Å². The van der Waals surface area contributed by atoms with Crippen LogP contribution in [-0.4, -0.2) is 49.0 Å². The Bertz CT molecular complexity index is 1690. The van der Waals surface area contributed by atoms with Crippen molar-refractivity contribution in [1.82, 2.24) is 4.90 Å². The summed E-state index contributed by atoms with van der Waals surface area (Å²) in [7, 11) is -3.08. The first-order valence-electron chi connectivity index (χ1n) is 15.2. The second-order valence-electron chi connectivity index (χ2n) is 13.0. The van der Waals surface area contributed by atoms with Gasteiger partial charge in [0, 0.05) is 49.1 Å². The third-order valence-electron chi connectivity index (χ3n) is 8.86. The van der Waals surface area contributed by atoms with E-state index in [0.717, 1.165) is 11.1 Å². The first-order chi connectivity index (χ1) is 21.5. The molecule has 1 unspecified atom stereocenters. The summed E-state index contributed by atoms with van der Waals surface area (Å²) >= 11 is 12.8. The molecule has 0 saturated carbocycles. The number of amides is 2. The van der Waals surface area contributed by atoms with Crippen molar-refractivity contribution in [3.05, 3.63) is 99.5 Å². The first-order valence-corrected chi connectivity index (χ1v) is 17.8. The number of anilines is 1. The number of hydrogen-bond donors (Lipinski definition) is 3. The monoisotopic (exact) mass is 685 g/mol. The summed E-state index contributed by atoms with van der Waals surface area (Å²) in [5, 5.41) is 12.7. The Morgan fingerprint density at radius 2 is 1.63 bits per heavy atom. The maximum atomic E-state index is 14.9. The van der Waals surface area contributed by atoms with Crippen molar-refractivity contribution in [3.63, 3.8) is 0 Å². The van der Waals surface area contributed by atoms with E-state index in [-0.39, 0.29) is 35.5 Å². The average molecular weight is 687 g/mol. The largest absolute Gasteiger partial charge is 0.478 e. The van der Waals surface area contributed by atoms with Crippen molar-refractivity contribution in [2.45, 2.75) is 70.7 Å². The number of carbonyl (C=O) groups excluding carboxylic acids is 2. The molecule has 0 spiro atoms. The molecular weight excluding hydrogens is 645 g/mol. The number of aromatic carboxylic acids is 1. The van der Waals surface area contributed by atoms with Gasteiger partial charge in [-0.2, -0.15) is 0 Å². The molecule has 4 rings (SSSR count). The van der Waals surface area contributed by atoms with Crippen LogP contribution in [0.3, 0.4) is 0 Å². The highest BCUT2D eigenvalue weighted by atomic mass is 35.5.